The fourth-order valence-corrected chi connectivity index (χ4v) is 1.83. The van der Waals surface area contributed by atoms with E-state index in [4.69, 9.17) is 9.47 Å². The summed E-state index contributed by atoms with van der Waals surface area (Å²) in [5.74, 6) is -0.00393. The third-order valence-corrected chi connectivity index (χ3v) is 2.63. The molecule has 0 aromatic heterocycles. The first-order chi connectivity index (χ1) is 7.26. The van der Waals surface area contributed by atoms with Gasteiger partial charge in [0, 0.05) is 20.3 Å². The van der Waals surface area contributed by atoms with Crippen molar-refractivity contribution in [2.45, 2.75) is 46.6 Å². The zero-order chi connectivity index (χ0) is 12.5. The predicted octanol–water partition coefficient (Wildman–Crippen LogP) is 2.19. The molecule has 1 aliphatic carbocycles. The summed E-state index contributed by atoms with van der Waals surface area (Å²) in [6, 6.07) is 0. The van der Waals surface area contributed by atoms with Crippen LogP contribution in [0.15, 0.2) is 11.3 Å². The minimum absolute atomic E-state index is 0.00491. The van der Waals surface area contributed by atoms with Crippen molar-refractivity contribution in [2.24, 2.45) is 5.92 Å². The highest BCUT2D eigenvalue weighted by Crippen LogP contribution is 2.52. The Balaban J connectivity index is 2.76. The van der Waals surface area contributed by atoms with Crippen LogP contribution in [0.5, 0.6) is 0 Å². The number of rotatable bonds is 3. The highest BCUT2D eigenvalue weighted by atomic mass is 16.6. The van der Waals surface area contributed by atoms with Crippen LogP contribution in [0.3, 0.4) is 0 Å². The van der Waals surface area contributed by atoms with Gasteiger partial charge in [-0.25, -0.2) is 0 Å². The summed E-state index contributed by atoms with van der Waals surface area (Å²) in [4.78, 5) is 21.9. The fourth-order valence-electron chi connectivity index (χ4n) is 1.83. The molecule has 1 rings (SSSR count). The van der Waals surface area contributed by atoms with E-state index >= 15 is 0 Å². The normalized spacial score (nSPS) is 26.9. The molecule has 4 heteroatoms. The predicted molar refractivity (Wildman–Crippen MR) is 58.4 cm³/mol. The topological polar surface area (TPSA) is 52.6 Å². The maximum absolute atomic E-state index is 11.0. The van der Waals surface area contributed by atoms with Crippen LogP contribution >= 0.6 is 0 Å². The van der Waals surface area contributed by atoms with Crippen molar-refractivity contribution in [3.63, 3.8) is 0 Å². The van der Waals surface area contributed by atoms with Crippen molar-refractivity contribution in [1.29, 1.82) is 0 Å². The monoisotopic (exact) mass is 226 g/mol. The SMILES string of the molecule is CC(=O)OC(=C(C)C)[C@H]1C[C@]1(C)OC(C)=O. The van der Waals surface area contributed by atoms with Gasteiger partial charge in [0.05, 0.1) is 5.92 Å². The van der Waals surface area contributed by atoms with Crippen molar-refractivity contribution in [1.82, 2.24) is 0 Å². The number of esters is 2. The summed E-state index contributed by atoms with van der Waals surface area (Å²) in [6.07, 6.45) is 0.709. The Bertz CT molecular complexity index is 352. The molecule has 1 aliphatic rings. The molecular formula is C12H18O4. The Kier molecular flexibility index (Phi) is 3.41. The van der Waals surface area contributed by atoms with Crippen LogP contribution in [0.1, 0.15) is 41.0 Å². The third-order valence-electron chi connectivity index (χ3n) is 2.63. The molecule has 1 saturated carbocycles. The van der Waals surface area contributed by atoms with E-state index in [1.165, 1.54) is 13.8 Å². The van der Waals surface area contributed by atoms with Gasteiger partial charge in [0.25, 0.3) is 0 Å². The summed E-state index contributed by atoms with van der Waals surface area (Å²) in [5.41, 5.74) is 0.435. The lowest BCUT2D eigenvalue weighted by Crippen LogP contribution is -2.18. The molecule has 0 saturated heterocycles. The quantitative estimate of drug-likeness (QED) is 0.546. The van der Waals surface area contributed by atoms with Crippen LogP contribution in [0.2, 0.25) is 0 Å². The molecule has 0 spiro atoms. The van der Waals surface area contributed by atoms with Gasteiger partial charge in [-0.3, -0.25) is 9.59 Å². The van der Waals surface area contributed by atoms with Crippen LogP contribution in [-0.2, 0) is 19.1 Å². The number of carbonyl (C=O) groups excluding carboxylic acids is 2. The summed E-state index contributed by atoms with van der Waals surface area (Å²) >= 11 is 0. The molecular weight excluding hydrogens is 208 g/mol. The second-order valence-corrected chi connectivity index (χ2v) is 4.62. The molecule has 16 heavy (non-hydrogen) atoms. The molecule has 0 unspecified atom stereocenters. The van der Waals surface area contributed by atoms with E-state index in [2.05, 4.69) is 0 Å². The number of ether oxygens (including phenoxy) is 2. The molecule has 4 nitrogen and oxygen atoms in total. The summed E-state index contributed by atoms with van der Waals surface area (Å²) in [7, 11) is 0. The lowest BCUT2D eigenvalue weighted by molar-refractivity contribution is -0.148. The maximum atomic E-state index is 11.0. The lowest BCUT2D eigenvalue weighted by Gasteiger charge is -2.14. The highest BCUT2D eigenvalue weighted by molar-refractivity contribution is 5.68. The summed E-state index contributed by atoms with van der Waals surface area (Å²) in [5, 5.41) is 0. The molecule has 0 aliphatic heterocycles. The van der Waals surface area contributed by atoms with Gasteiger partial charge in [-0.2, -0.15) is 0 Å². The lowest BCUT2D eigenvalue weighted by atomic mass is 10.1. The van der Waals surface area contributed by atoms with Gasteiger partial charge in [-0.05, 0) is 26.3 Å². The molecule has 2 atom stereocenters. The Hall–Kier alpha value is -1.32. The van der Waals surface area contributed by atoms with E-state index in [0.29, 0.717) is 12.2 Å². The smallest absolute Gasteiger partial charge is 0.307 e. The maximum Gasteiger partial charge on any atom is 0.307 e. The largest absolute Gasteiger partial charge is 0.459 e. The zero-order valence-electron chi connectivity index (χ0n) is 10.4. The van der Waals surface area contributed by atoms with Crippen LogP contribution in [0, 0.1) is 5.92 Å². The van der Waals surface area contributed by atoms with Crippen LogP contribution in [-0.4, -0.2) is 17.5 Å². The Morgan fingerprint density at radius 2 is 1.69 bits per heavy atom. The van der Waals surface area contributed by atoms with Gasteiger partial charge in [0.1, 0.15) is 11.4 Å². The first kappa shape index (κ1) is 12.7. The molecule has 0 aromatic carbocycles. The van der Waals surface area contributed by atoms with Crippen molar-refractivity contribution in [3.05, 3.63) is 11.3 Å². The molecule has 0 aromatic rings. The van der Waals surface area contributed by atoms with Crippen LogP contribution in [0.25, 0.3) is 0 Å². The van der Waals surface area contributed by atoms with Crippen molar-refractivity contribution in [2.75, 3.05) is 0 Å². The molecule has 0 amide bonds. The Labute approximate surface area is 95.6 Å². The second kappa shape index (κ2) is 4.28. The van der Waals surface area contributed by atoms with Gasteiger partial charge in [0.15, 0.2) is 0 Å². The van der Waals surface area contributed by atoms with E-state index in [-0.39, 0.29) is 17.9 Å². The standard InChI is InChI=1S/C12H18O4/c1-7(2)11(15-8(3)13)10-6-12(10,5)16-9(4)14/h10H,6H2,1-5H3/t10-,12+/m1/s1. The van der Waals surface area contributed by atoms with E-state index in [1.54, 1.807) is 0 Å². The van der Waals surface area contributed by atoms with E-state index in [1.807, 2.05) is 20.8 Å². The van der Waals surface area contributed by atoms with E-state index in [9.17, 15) is 9.59 Å². The third kappa shape index (κ3) is 2.84. The zero-order valence-corrected chi connectivity index (χ0v) is 10.4. The van der Waals surface area contributed by atoms with Crippen LogP contribution in [0.4, 0.5) is 0 Å². The minimum atomic E-state index is -0.506. The van der Waals surface area contributed by atoms with E-state index < -0.39 is 5.60 Å². The Morgan fingerprint density at radius 3 is 2.06 bits per heavy atom. The van der Waals surface area contributed by atoms with Gasteiger partial charge in [0.2, 0.25) is 0 Å². The minimum Gasteiger partial charge on any atom is -0.459 e. The number of hydrogen-bond acceptors (Lipinski definition) is 4. The van der Waals surface area contributed by atoms with Gasteiger partial charge < -0.3 is 9.47 Å². The molecule has 0 radical (unpaired) electrons. The molecule has 0 bridgehead atoms. The fraction of sp³-hybridized carbons (Fsp3) is 0.667. The van der Waals surface area contributed by atoms with Crippen molar-refractivity contribution >= 4 is 11.9 Å². The van der Waals surface area contributed by atoms with Gasteiger partial charge in [-0.15, -0.1) is 0 Å². The molecule has 90 valence electrons. The average Bonchev–Trinajstić information content (AvgIpc) is 2.70. The molecule has 1 fully saturated rings. The summed E-state index contributed by atoms with van der Waals surface area (Å²) in [6.45, 7) is 8.37. The summed E-state index contributed by atoms with van der Waals surface area (Å²) < 4.78 is 10.4. The van der Waals surface area contributed by atoms with Crippen molar-refractivity contribution in [3.8, 4) is 0 Å². The Morgan fingerprint density at radius 1 is 1.12 bits per heavy atom. The average molecular weight is 226 g/mol. The first-order valence-electron chi connectivity index (χ1n) is 5.31. The van der Waals surface area contributed by atoms with Gasteiger partial charge in [-0.1, -0.05) is 0 Å². The molecule has 0 N–H and O–H groups in total. The first-order valence-corrected chi connectivity index (χ1v) is 5.31. The highest BCUT2D eigenvalue weighted by Gasteiger charge is 2.57. The number of hydrogen-bond donors (Lipinski definition) is 0. The van der Waals surface area contributed by atoms with Crippen molar-refractivity contribution < 1.29 is 19.1 Å². The number of carbonyl (C=O) groups is 2. The van der Waals surface area contributed by atoms with Gasteiger partial charge >= 0.3 is 11.9 Å². The number of allylic oxidation sites excluding steroid dienone is 1. The van der Waals surface area contributed by atoms with Crippen LogP contribution < -0.4 is 0 Å². The second-order valence-electron chi connectivity index (χ2n) is 4.62. The molecule has 0 heterocycles. The van der Waals surface area contributed by atoms with E-state index in [0.717, 1.165) is 5.57 Å².